The number of aliphatic carboxylic acids is 1. The summed E-state index contributed by atoms with van der Waals surface area (Å²) in [5.74, 6) is -1.06. The van der Waals surface area contributed by atoms with Crippen LogP contribution in [0.2, 0.25) is 0 Å². The number of alkyl carbamates (subject to hydrolysis) is 1. The number of carbonyl (C=O) groups excluding carboxylic acids is 2. The maximum atomic E-state index is 12.4. The van der Waals surface area contributed by atoms with Crippen LogP contribution in [0.1, 0.15) is 69.4 Å². The standard InChI is InChI=1S/C27H34N2O5/c1-3-9-19(16-26(31)32)29-25(30)15-8-10-18(2)28-27(33)34-17-24-22-13-6-4-11-20(22)21-12-5-7-14-23(21)24/h4-7,11-14,18-19,24H,3,8-10,15-17H2,1-2H3,(H,28,33)(H,29,30)(H,31,32)/t18?,19-/m1/s1. The Hall–Kier alpha value is -3.35. The molecular formula is C27H34N2O5. The first-order chi connectivity index (χ1) is 16.4. The number of nitrogens with one attached hydrogen (secondary N) is 2. The van der Waals surface area contributed by atoms with E-state index in [1.165, 1.54) is 22.3 Å². The Bertz CT molecular complexity index is 961. The summed E-state index contributed by atoms with van der Waals surface area (Å²) in [6.45, 7) is 4.10. The van der Waals surface area contributed by atoms with E-state index < -0.39 is 12.1 Å². The average Bonchev–Trinajstić information content (AvgIpc) is 3.11. The normalized spacial score (nSPS) is 13.9. The van der Waals surface area contributed by atoms with Crippen molar-refractivity contribution >= 4 is 18.0 Å². The van der Waals surface area contributed by atoms with Gasteiger partial charge in [-0.3, -0.25) is 9.59 Å². The fourth-order valence-electron chi connectivity index (χ4n) is 4.57. The van der Waals surface area contributed by atoms with Gasteiger partial charge < -0.3 is 20.5 Å². The summed E-state index contributed by atoms with van der Waals surface area (Å²) in [6.07, 6.45) is 2.40. The largest absolute Gasteiger partial charge is 0.481 e. The van der Waals surface area contributed by atoms with E-state index in [-0.39, 0.29) is 43.4 Å². The molecule has 0 spiro atoms. The molecule has 2 amide bonds. The van der Waals surface area contributed by atoms with Crippen molar-refractivity contribution in [2.75, 3.05) is 6.61 Å². The van der Waals surface area contributed by atoms with E-state index in [0.29, 0.717) is 19.3 Å². The molecule has 2 aromatic rings. The minimum atomic E-state index is -0.917. The first-order valence-corrected chi connectivity index (χ1v) is 12.0. The van der Waals surface area contributed by atoms with E-state index in [9.17, 15) is 14.4 Å². The number of carbonyl (C=O) groups is 3. The van der Waals surface area contributed by atoms with E-state index in [4.69, 9.17) is 9.84 Å². The van der Waals surface area contributed by atoms with Crippen molar-refractivity contribution in [1.29, 1.82) is 0 Å². The summed E-state index contributed by atoms with van der Waals surface area (Å²) >= 11 is 0. The van der Waals surface area contributed by atoms with Crippen LogP contribution in [0.25, 0.3) is 11.1 Å². The van der Waals surface area contributed by atoms with Crippen LogP contribution in [0, 0.1) is 0 Å². The van der Waals surface area contributed by atoms with Crippen LogP contribution in [0.3, 0.4) is 0 Å². The molecule has 1 aliphatic rings. The Kier molecular flexibility index (Phi) is 9.08. The quantitative estimate of drug-likeness (QED) is 0.415. The van der Waals surface area contributed by atoms with Gasteiger partial charge in [-0.15, -0.1) is 0 Å². The fraction of sp³-hybridized carbons (Fsp3) is 0.444. The van der Waals surface area contributed by atoms with E-state index in [2.05, 4.69) is 34.9 Å². The lowest BCUT2D eigenvalue weighted by molar-refractivity contribution is -0.137. The SMILES string of the molecule is CCC[C@H](CC(=O)O)NC(=O)CCCC(C)NC(=O)OCC1c2ccccc2-c2ccccc21. The van der Waals surface area contributed by atoms with Gasteiger partial charge in [0.15, 0.2) is 0 Å². The van der Waals surface area contributed by atoms with Crippen molar-refractivity contribution in [1.82, 2.24) is 10.6 Å². The van der Waals surface area contributed by atoms with Crippen LogP contribution in [-0.4, -0.2) is 41.8 Å². The van der Waals surface area contributed by atoms with Crippen molar-refractivity contribution in [2.24, 2.45) is 0 Å². The minimum Gasteiger partial charge on any atom is -0.481 e. The highest BCUT2D eigenvalue weighted by atomic mass is 16.5. The highest BCUT2D eigenvalue weighted by Gasteiger charge is 2.29. The minimum absolute atomic E-state index is 0.0130. The number of fused-ring (bicyclic) bond motifs is 3. The van der Waals surface area contributed by atoms with Crippen LogP contribution >= 0.6 is 0 Å². The molecule has 3 rings (SSSR count). The maximum absolute atomic E-state index is 12.4. The van der Waals surface area contributed by atoms with Gasteiger partial charge >= 0.3 is 12.1 Å². The molecule has 0 radical (unpaired) electrons. The Balaban J connectivity index is 1.41. The zero-order valence-corrected chi connectivity index (χ0v) is 19.9. The molecule has 3 N–H and O–H groups in total. The highest BCUT2D eigenvalue weighted by molar-refractivity contribution is 5.79. The molecule has 7 nitrogen and oxygen atoms in total. The predicted octanol–water partition coefficient (Wildman–Crippen LogP) is 4.84. The van der Waals surface area contributed by atoms with Gasteiger partial charge in [-0.05, 0) is 48.4 Å². The first kappa shape index (κ1) is 25.3. The van der Waals surface area contributed by atoms with Crippen LogP contribution in [0.5, 0.6) is 0 Å². The lowest BCUT2D eigenvalue weighted by Gasteiger charge is -2.18. The van der Waals surface area contributed by atoms with Gasteiger partial charge in [-0.25, -0.2) is 4.79 Å². The summed E-state index contributed by atoms with van der Waals surface area (Å²) in [6, 6.07) is 15.9. The van der Waals surface area contributed by atoms with E-state index in [0.717, 1.165) is 6.42 Å². The monoisotopic (exact) mass is 466 g/mol. The van der Waals surface area contributed by atoms with Crippen LogP contribution < -0.4 is 10.6 Å². The number of benzene rings is 2. The van der Waals surface area contributed by atoms with Crippen molar-refractivity contribution in [2.45, 2.75) is 70.4 Å². The Morgan fingerprint density at radius 3 is 2.18 bits per heavy atom. The fourth-order valence-corrected chi connectivity index (χ4v) is 4.57. The molecule has 182 valence electrons. The summed E-state index contributed by atoms with van der Waals surface area (Å²) in [4.78, 5) is 35.5. The average molecular weight is 467 g/mol. The van der Waals surface area contributed by atoms with Crippen LogP contribution in [-0.2, 0) is 14.3 Å². The molecule has 0 aliphatic heterocycles. The van der Waals surface area contributed by atoms with Crippen LogP contribution in [0.15, 0.2) is 48.5 Å². The second-order valence-corrected chi connectivity index (χ2v) is 8.91. The Morgan fingerprint density at radius 2 is 1.59 bits per heavy atom. The van der Waals surface area contributed by atoms with Gasteiger partial charge in [0.1, 0.15) is 6.61 Å². The van der Waals surface area contributed by atoms with Gasteiger partial charge in [-0.1, -0.05) is 61.9 Å². The third-order valence-electron chi connectivity index (χ3n) is 6.17. The Morgan fingerprint density at radius 1 is 0.971 bits per heavy atom. The molecule has 0 saturated carbocycles. The molecule has 0 heterocycles. The molecule has 34 heavy (non-hydrogen) atoms. The second-order valence-electron chi connectivity index (χ2n) is 8.91. The van der Waals surface area contributed by atoms with E-state index in [1.54, 1.807) is 0 Å². The molecule has 7 heteroatoms. The maximum Gasteiger partial charge on any atom is 0.407 e. The van der Waals surface area contributed by atoms with Crippen molar-refractivity contribution in [3.8, 4) is 11.1 Å². The molecule has 0 saturated heterocycles. The molecule has 1 unspecified atom stereocenters. The van der Waals surface area contributed by atoms with Gasteiger partial charge in [-0.2, -0.15) is 0 Å². The third kappa shape index (κ3) is 6.83. The lowest BCUT2D eigenvalue weighted by Crippen LogP contribution is -2.37. The van der Waals surface area contributed by atoms with Gasteiger partial charge in [0, 0.05) is 24.4 Å². The number of amides is 2. The van der Waals surface area contributed by atoms with E-state index in [1.807, 2.05) is 38.1 Å². The molecular weight excluding hydrogens is 432 g/mol. The highest BCUT2D eigenvalue weighted by Crippen LogP contribution is 2.44. The van der Waals surface area contributed by atoms with Crippen LogP contribution in [0.4, 0.5) is 4.79 Å². The van der Waals surface area contributed by atoms with Crippen molar-refractivity contribution in [3.63, 3.8) is 0 Å². The zero-order chi connectivity index (χ0) is 24.5. The Labute approximate surface area is 200 Å². The van der Waals surface area contributed by atoms with Crippen molar-refractivity contribution < 1.29 is 24.2 Å². The number of hydrogen-bond acceptors (Lipinski definition) is 4. The molecule has 2 atom stereocenters. The molecule has 0 aromatic heterocycles. The summed E-state index contributed by atoms with van der Waals surface area (Å²) in [7, 11) is 0. The molecule has 0 fully saturated rings. The lowest BCUT2D eigenvalue weighted by atomic mass is 9.98. The number of hydrogen-bond donors (Lipinski definition) is 3. The van der Waals surface area contributed by atoms with Gasteiger partial charge in [0.25, 0.3) is 0 Å². The summed E-state index contributed by atoms with van der Waals surface area (Å²) in [5.41, 5.74) is 4.70. The predicted molar refractivity (Wildman–Crippen MR) is 131 cm³/mol. The van der Waals surface area contributed by atoms with Gasteiger partial charge in [0.05, 0.1) is 6.42 Å². The summed E-state index contributed by atoms with van der Waals surface area (Å²) < 4.78 is 5.57. The number of ether oxygens (including phenoxy) is 1. The van der Waals surface area contributed by atoms with Crippen molar-refractivity contribution in [3.05, 3.63) is 59.7 Å². The second kappa shape index (κ2) is 12.2. The first-order valence-electron chi connectivity index (χ1n) is 12.0. The molecule has 1 aliphatic carbocycles. The topological polar surface area (TPSA) is 105 Å². The smallest absolute Gasteiger partial charge is 0.407 e. The van der Waals surface area contributed by atoms with Gasteiger partial charge in [0.2, 0.25) is 5.91 Å². The molecule has 2 aromatic carbocycles. The number of carboxylic acids is 1. The zero-order valence-electron chi connectivity index (χ0n) is 19.9. The van der Waals surface area contributed by atoms with E-state index >= 15 is 0 Å². The number of carboxylic acid groups (broad SMARTS) is 1. The molecule has 0 bridgehead atoms. The summed E-state index contributed by atoms with van der Waals surface area (Å²) in [5, 5.41) is 14.6. The third-order valence-corrected chi connectivity index (χ3v) is 6.17. The number of rotatable bonds is 12.